The molecular weight excluding hydrogens is 396 g/mol. The molecule has 0 aromatic heterocycles. The van der Waals surface area contributed by atoms with Crippen molar-refractivity contribution in [3.05, 3.63) is 34.9 Å². The van der Waals surface area contributed by atoms with E-state index < -0.39 is 17.5 Å². The van der Waals surface area contributed by atoms with Crippen LogP contribution in [-0.4, -0.2) is 22.3 Å². The average molecular weight is 441 g/mol. The molecule has 0 saturated heterocycles. The Bertz CT molecular complexity index is 862. The molecule has 0 radical (unpaired) electrons. The highest BCUT2D eigenvalue weighted by atomic mass is 16.4. The predicted molar refractivity (Wildman–Crippen MR) is 130 cm³/mol. The van der Waals surface area contributed by atoms with E-state index in [1.807, 2.05) is 0 Å². The molecule has 4 aliphatic rings. The van der Waals surface area contributed by atoms with Crippen LogP contribution in [0.4, 0.5) is 0 Å². The van der Waals surface area contributed by atoms with Crippen molar-refractivity contribution < 1.29 is 15.0 Å². The molecule has 0 aliphatic heterocycles. The highest BCUT2D eigenvalue weighted by Crippen LogP contribution is 2.66. The maximum Gasteiger partial charge on any atom is 0.312 e. The lowest BCUT2D eigenvalue weighted by Gasteiger charge is -2.57. The van der Waals surface area contributed by atoms with Gasteiger partial charge in [0.1, 0.15) is 0 Å². The minimum absolute atomic E-state index is 0.01000. The molecule has 2 N–H and O–H groups in total. The molecule has 0 heterocycles. The quantitative estimate of drug-likeness (QED) is 0.456. The van der Waals surface area contributed by atoms with Gasteiger partial charge in [0.2, 0.25) is 0 Å². The van der Waals surface area contributed by atoms with Crippen LogP contribution in [0.5, 0.6) is 0 Å². The predicted octanol–water partition coefficient (Wildman–Crippen LogP) is 6.93. The third-order valence-corrected chi connectivity index (χ3v) is 10.5. The minimum atomic E-state index is -1.06. The van der Waals surface area contributed by atoms with Gasteiger partial charge in [-0.2, -0.15) is 0 Å². The molecule has 32 heavy (non-hydrogen) atoms. The Hall–Kier alpha value is -1.35. The Morgan fingerprint density at radius 1 is 1.19 bits per heavy atom. The monoisotopic (exact) mass is 440 g/mol. The number of hydrogen-bond donors (Lipinski definition) is 2. The van der Waals surface area contributed by atoms with Crippen molar-refractivity contribution in [1.29, 1.82) is 0 Å². The average Bonchev–Trinajstić information content (AvgIpc) is 3.08. The molecule has 4 rings (SSSR count). The molecule has 0 unspecified atom stereocenters. The summed E-state index contributed by atoms with van der Waals surface area (Å²) in [6.45, 7) is 13.4. The van der Waals surface area contributed by atoms with Crippen molar-refractivity contribution >= 4 is 5.97 Å². The van der Waals surface area contributed by atoms with E-state index in [1.54, 1.807) is 12.5 Å². The second kappa shape index (κ2) is 8.15. The summed E-state index contributed by atoms with van der Waals surface area (Å²) in [5, 5.41) is 20.8. The summed E-state index contributed by atoms with van der Waals surface area (Å²) in [4.78, 5) is 12.3. The van der Waals surface area contributed by atoms with Crippen LogP contribution in [0.2, 0.25) is 0 Å². The molecule has 178 valence electrons. The van der Waals surface area contributed by atoms with Gasteiger partial charge in [-0.25, -0.2) is 0 Å². The molecule has 2 saturated carbocycles. The zero-order chi connectivity index (χ0) is 23.5. The maximum absolute atomic E-state index is 12.3. The van der Waals surface area contributed by atoms with Crippen LogP contribution < -0.4 is 0 Å². The summed E-state index contributed by atoms with van der Waals surface area (Å²) in [7, 11) is 0. The lowest BCUT2D eigenvalue weighted by Crippen LogP contribution is -2.57. The van der Waals surface area contributed by atoms with Crippen molar-refractivity contribution in [2.45, 2.75) is 99.0 Å². The van der Waals surface area contributed by atoms with Gasteiger partial charge in [-0.05, 0) is 112 Å². The standard InChI is InChI=1S/C29H44O3/c1-18(2)8-7-9-19(3)21-11-12-22-20-10-13-24-28(5,23(20)14-16-27(21,22)4)17-15-25(30)29(24,6)26(31)32/h8,14,16,19,21-22,24-25,30H,7,9-13,15,17H2,1-6H3,(H,31,32)/t19-,21-,22+,24-,25+,27-,28-,29+/m1/s1. The largest absolute Gasteiger partial charge is 0.481 e. The van der Waals surface area contributed by atoms with Gasteiger partial charge in [0.25, 0.3) is 0 Å². The summed E-state index contributed by atoms with van der Waals surface area (Å²) >= 11 is 0. The molecule has 4 aliphatic carbocycles. The number of carbonyl (C=O) groups is 1. The topological polar surface area (TPSA) is 57.5 Å². The van der Waals surface area contributed by atoms with Crippen molar-refractivity contribution in [1.82, 2.24) is 0 Å². The van der Waals surface area contributed by atoms with Gasteiger partial charge in [0.15, 0.2) is 0 Å². The Morgan fingerprint density at radius 2 is 1.91 bits per heavy atom. The number of aliphatic carboxylic acids is 1. The van der Waals surface area contributed by atoms with Crippen molar-refractivity contribution in [3.8, 4) is 0 Å². The summed E-state index contributed by atoms with van der Waals surface area (Å²) in [6, 6.07) is 0. The Balaban J connectivity index is 1.63. The van der Waals surface area contributed by atoms with E-state index in [-0.39, 0.29) is 16.7 Å². The fourth-order valence-electron chi connectivity index (χ4n) is 8.51. The van der Waals surface area contributed by atoms with Crippen LogP contribution in [0.25, 0.3) is 0 Å². The molecule has 0 aromatic rings. The summed E-state index contributed by atoms with van der Waals surface area (Å²) < 4.78 is 0. The normalized spacial score (nSPS) is 43.8. The number of hydrogen-bond acceptors (Lipinski definition) is 2. The van der Waals surface area contributed by atoms with Gasteiger partial charge >= 0.3 is 5.97 Å². The van der Waals surface area contributed by atoms with E-state index in [0.29, 0.717) is 24.2 Å². The van der Waals surface area contributed by atoms with Gasteiger partial charge in [-0.1, -0.05) is 50.1 Å². The summed E-state index contributed by atoms with van der Waals surface area (Å²) in [5.74, 6) is 1.18. The highest BCUT2D eigenvalue weighted by Gasteiger charge is 2.61. The Labute approximate surface area is 195 Å². The van der Waals surface area contributed by atoms with Crippen molar-refractivity contribution in [2.24, 2.45) is 39.9 Å². The second-order valence-electron chi connectivity index (χ2n) is 12.4. The molecule has 0 spiro atoms. The smallest absolute Gasteiger partial charge is 0.312 e. The molecule has 0 bridgehead atoms. The van der Waals surface area contributed by atoms with Crippen LogP contribution in [0.15, 0.2) is 34.9 Å². The Kier molecular flexibility index (Phi) is 6.06. The van der Waals surface area contributed by atoms with Crippen LogP contribution in [-0.2, 0) is 4.79 Å². The molecule has 0 aromatic carbocycles. The van der Waals surface area contributed by atoms with Gasteiger partial charge in [0.05, 0.1) is 11.5 Å². The molecule has 8 atom stereocenters. The molecule has 0 amide bonds. The van der Waals surface area contributed by atoms with Crippen LogP contribution in [0, 0.1) is 39.9 Å². The first-order chi connectivity index (χ1) is 15.0. The van der Waals surface area contributed by atoms with E-state index in [4.69, 9.17) is 0 Å². The lowest BCUT2D eigenvalue weighted by molar-refractivity contribution is -0.174. The number of rotatable bonds is 5. The number of aliphatic hydroxyl groups is 1. The first kappa shape index (κ1) is 23.8. The summed E-state index contributed by atoms with van der Waals surface area (Å²) in [6.07, 6.45) is 14.9. The fraction of sp³-hybridized carbons (Fsp3) is 0.759. The van der Waals surface area contributed by atoms with E-state index >= 15 is 0 Å². The third kappa shape index (κ3) is 3.37. The Morgan fingerprint density at radius 3 is 2.56 bits per heavy atom. The number of aliphatic hydroxyl groups excluding tert-OH is 1. The first-order valence-corrected chi connectivity index (χ1v) is 12.9. The number of carboxylic acids is 1. The van der Waals surface area contributed by atoms with Gasteiger partial charge in [0, 0.05) is 0 Å². The number of fused-ring (bicyclic) bond motifs is 4. The zero-order valence-corrected chi connectivity index (χ0v) is 21.1. The molecule has 3 nitrogen and oxygen atoms in total. The van der Waals surface area contributed by atoms with E-state index in [0.717, 1.165) is 19.3 Å². The van der Waals surface area contributed by atoms with Crippen molar-refractivity contribution in [3.63, 3.8) is 0 Å². The fourth-order valence-corrected chi connectivity index (χ4v) is 8.51. The van der Waals surface area contributed by atoms with Gasteiger partial charge in [-0.15, -0.1) is 0 Å². The van der Waals surface area contributed by atoms with Crippen LogP contribution >= 0.6 is 0 Å². The van der Waals surface area contributed by atoms with Gasteiger partial charge < -0.3 is 10.2 Å². The van der Waals surface area contributed by atoms with Gasteiger partial charge in [-0.3, -0.25) is 4.79 Å². The zero-order valence-electron chi connectivity index (χ0n) is 21.1. The van der Waals surface area contributed by atoms with Crippen molar-refractivity contribution in [2.75, 3.05) is 0 Å². The first-order valence-electron chi connectivity index (χ1n) is 12.9. The molecule has 3 heteroatoms. The SMILES string of the molecule is CC(C)=CCC[C@@H](C)[C@H]1CC[C@H]2C3=C(C=C[C@]12C)[C@@]1(C)CC[C@H](O)[C@@](C)(C(=O)O)[C@@H]1CC3. The van der Waals surface area contributed by atoms with Crippen LogP contribution in [0.1, 0.15) is 92.9 Å². The highest BCUT2D eigenvalue weighted by molar-refractivity contribution is 5.76. The van der Waals surface area contributed by atoms with E-state index in [9.17, 15) is 15.0 Å². The van der Waals surface area contributed by atoms with E-state index in [2.05, 4.69) is 52.8 Å². The number of carboxylic acid groups (broad SMARTS) is 1. The maximum atomic E-state index is 12.3. The second-order valence-corrected chi connectivity index (χ2v) is 12.4. The van der Waals surface area contributed by atoms with E-state index in [1.165, 1.54) is 36.8 Å². The molecule has 2 fully saturated rings. The third-order valence-electron chi connectivity index (χ3n) is 10.5. The number of allylic oxidation sites excluding steroid dienone is 6. The minimum Gasteiger partial charge on any atom is -0.481 e. The molecular formula is C29H44O3. The lowest BCUT2D eigenvalue weighted by atomic mass is 9.46. The van der Waals surface area contributed by atoms with Crippen LogP contribution in [0.3, 0.4) is 0 Å². The summed E-state index contributed by atoms with van der Waals surface area (Å²) in [5.41, 5.74) is 3.47.